The minimum atomic E-state index is -4.49. The summed E-state index contributed by atoms with van der Waals surface area (Å²) in [5, 5.41) is 0. The van der Waals surface area contributed by atoms with Gasteiger partial charge < -0.3 is 19.0 Å². The molecule has 0 saturated carbocycles. The minimum Gasteiger partial charge on any atom is -0.461 e. The van der Waals surface area contributed by atoms with Crippen LogP contribution in [0.5, 0.6) is 0 Å². The van der Waals surface area contributed by atoms with Gasteiger partial charge in [-0.05, 0) is 0 Å². The molecule has 0 aliphatic rings. The average Bonchev–Trinajstić information content (AvgIpc) is 2.22. The van der Waals surface area contributed by atoms with E-state index in [1.807, 2.05) is 21.1 Å². The summed E-state index contributed by atoms with van der Waals surface area (Å²) in [5.41, 5.74) is 0. The lowest BCUT2D eigenvalue weighted by Crippen LogP contribution is -2.47. The van der Waals surface area contributed by atoms with Crippen LogP contribution in [-0.2, 0) is 18.6 Å². The molecule has 8 heteroatoms. The van der Waals surface area contributed by atoms with Gasteiger partial charge in [-0.25, -0.2) is 4.57 Å². The highest BCUT2D eigenvalue weighted by Gasteiger charge is 2.28. The molecular formula is C11H23NO6P+. The Morgan fingerprint density at radius 3 is 2.42 bits per heavy atom. The van der Waals surface area contributed by atoms with E-state index in [4.69, 9.17) is 14.5 Å². The number of phosphoric ester groups is 1. The van der Waals surface area contributed by atoms with Crippen molar-refractivity contribution < 1.29 is 32.9 Å². The van der Waals surface area contributed by atoms with E-state index in [1.165, 1.54) is 6.08 Å². The Kier molecular flexibility index (Phi) is 7.47. The topological polar surface area (TPSA) is 93.1 Å². The molecule has 0 bridgehead atoms. The molecule has 0 heterocycles. The predicted octanol–water partition coefficient (Wildman–Crippen LogP) is 0.680. The van der Waals surface area contributed by atoms with Crippen molar-refractivity contribution in [2.24, 2.45) is 0 Å². The van der Waals surface area contributed by atoms with E-state index in [0.29, 0.717) is 10.9 Å². The molecule has 0 rings (SSSR count). The second-order valence-corrected chi connectivity index (χ2v) is 6.31. The van der Waals surface area contributed by atoms with E-state index in [1.54, 1.807) is 0 Å². The summed E-state index contributed by atoms with van der Waals surface area (Å²) in [4.78, 5) is 28.8. The molecule has 0 spiro atoms. The van der Waals surface area contributed by atoms with Gasteiger partial charge in [0.05, 0.1) is 27.6 Å². The van der Waals surface area contributed by atoms with Crippen molar-refractivity contribution in [3.05, 3.63) is 12.7 Å². The third kappa shape index (κ3) is 9.81. The molecule has 0 amide bonds. The molecule has 1 unspecified atom stereocenters. The summed E-state index contributed by atoms with van der Waals surface area (Å²) in [6.45, 7) is 3.47. The molecule has 0 radical (unpaired) electrons. The van der Waals surface area contributed by atoms with Crippen LogP contribution in [0.25, 0.3) is 0 Å². The van der Waals surface area contributed by atoms with Crippen LogP contribution < -0.4 is 0 Å². The lowest BCUT2D eigenvalue weighted by Gasteiger charge is -2.33. The Morgan fingerprint density at radius 2 is 2.00 bits per heavy atom. The van der Waals surface area contributed by atoms with Crippen molar-refractivity contribution in [2.45, 2.75) is 18.9 Å². The molecule has 0 fully saturated rings. The Hall–Kier alpha value is -0.720. The van der Waals surface area contributed by atoms with Crippen LogP contribution in [0.15, 0.2) is 12.7 Å². The highest BCUT2D eigenvalue weighted by molar-refractivity contribution is 7.46. The second kappa shape index (κ2) is 7.77. The monoisotopic (exact) mass is 296 g/mol. The van der Waals surface area contributed by atoms with E-state index in [9.17, 15) is 9.36 Å². The first-order valence-electron chi connectivity index (χ1n) is 5.84. The molecule has 0 saturated heterocycles. The minimum absolute atomic E-state index is 0.123. The SMILES string of the molecule is C=CCOC(=O)CCC(COP(=O)(O)O)[N+](C)(C)C. The quantitative estimate of drug-likeness (QED) is 0.281. The van der Waals surface area contributed by atoms with Crippen LogP contribution in [0, 0.1) is 0 Å². The van der Waals surface area contributed by atoms with E-state index < -0.39 is 7.82 Å². The molecular weight excluding hydrogens is 273 g/mol. The zero-order valence-electron chi connectivity index (χ0n) is 11.6. The van der Waals surface area contributed by atoms with Gasteiger partial charge in [0.25, 0.3) is 0 Å². The highest BCUT2D eigenvalue weighted by Crippen LogP contribution is 2.36. The molecule has 1 atom stereocenters. The van der Waals surface area contributed by atoms with Gasteiger partial charge in [0.2, 0.25) is 0 Å². The Morgan fingerprint density at radius 1 is 1.42 bits per heavy atom. The molecule has 7 nitrogen and oxygen atoms in total. The lowest BCUT2D eigenvalue weighted by atomic mass is 10.1. The van der Waals surface area contributed by atoms with Gasteiger partial charge in [0.15, 0.2) is 0 Å². The third-order valence-corrected chi connectivity index (χ3v) is 3.06. The summed E-state index contributed by atoms with van der Waals surface area (Å²) in [6, 6.07) is -0.219. The highest BCUT2D eigenvalue weighted by atomic mass is 31.2. The molecule has 0 aromatic heterocycles. The van der Waals surface area contributed by atoms with Crippen molar-refractivity contribution in [2.75, 3.05) is 34.4 Å². The van der Waals surface area contributed by atoms with E-state index in [2.05, 4.69) is 11.1 Å². The average molecular weight is 296 g/mol. The normalized spacial score (nSPS) is 13.9. The first-order chi connectivity index (χ1) is 8.56. The van der Waals surface area contributed by atoms with Crippen LogP contribution in [0.1, 0.15) is 12.8 Å². The molecule has 0 aromatic rings. The number of phosphoric acid groups is 1. The molecule has 0 aromatic carbocycles. The summed E-state index contributed by atoms with van der Waals surface area (Å²) in [5.74, 6) is -0.366. The number of likely N-dealkylation sites (N-methyl/N-ethyl adjacent to an activating group) is 1. The van der Waals surface area contributed by atoms with Crippen molar-refractivity contribution in [3.63, 3.8) is 0 Å². The number of carbonyl (C=O) groups excluding carboxylic acids is 1. The Balaban J connectivity index is 4.33. The van der Waals surface area contributed by atoms with Crippen LogP contribution in [-0.4, -0.2) is 60.6 Å². The maximum Gasteiger partial charge on any atom is 0.469 e. The van der Waals surface area contributed by atoms with Crippen LogP contribution in [0.4, 0.5) is 0 Å². The number of carbonyl (C=O) groups is 1. The summed E-state index contributed by atoms with van der Waals surface area (Å²) < 4.78 is 20.5. The largest absolute Gasteiger partial charge is 0.469 e. The van der Waals surface area contributed by atoms with E-state index in [0.717, 1.165) is 0 Å². The standard InChI is InChI=1S/C11H22NO6P/c1-5-8-17-11(13)7-6-10(12(2,3)4)9-18-19(14,15)16/h5,10H,1,6-9H2,2-4H3,(H-,14,15,16)/p+1. The fourth-order valence-corrected chi connectivity index (χ4v) is 1.75. The molecule has 0 aliphatic heterocycles. The predicted molar refractivity (Wildman–Crippen MR) is 70.2 cm³/mol. The number of nitrogens with zero attached hydrogens (tertiary/aromatic N) is 1. The third-order valence-electron chi connectivity index (χ3n) is 2.57. The van der Waals surface area contributed by atoms with Crippen molar-refractivity contribution >= 4 is 13.8 Å². The maximum absolute atomic E-state index is 11.4. The number of hydrogen-bond donors (Lipinski definition) is 2. The van der Waals surface area contributed by atoms with Gasteiger partial charge in [-0.3, -0.25) is 9.32 Å². The van der Waals surface area contributed by atoms with Gasteiger partial charge in [0.1, 0.15) is 19.3 Å². The zero-order valence-corrected chi connectivity index (χ0v) is 12.5. The summed E-state index contributed by atoms with van der Waals surface area (Å²) in [6.07, 6.45) is 2.06. The number of esters is 1. The first kappa shape index (κ1) is 18.3. The number of rotatable bonds is 9. The van der Waals surface area contributed by atoms with Gasteiger partial charge in [-0.2, -0.15) is 0 Å². The number of quaternary nitrogens is 1. The molecule has 0 aliphatic carbocycles. The van der Waals surface area contributed by atoms with Gasteiger partial charge in [-0.1, -0.05) is 12.7 Å². The Labute approximate surface area is 113 Å². The Bertz CT molecular complexity index is 346. The summed E-state index contributed by atoms with van der Waals surface area (Å²) >= 11 is 0. The van der Waals surface area contributed by atoms with Crippen LogP contribution >= 0.6 is 7.82 Å². The molecule has 112 valence electrons. The van der Waals surface area contributed by atoms with E-state index >= 15 is 0 Å². The number of hydrogen-bond acceptors (Lipinski definition) is 4. The van der Waals surface area contributed by atoms with Crippen LogP contribution in [0.2, 0.25) is 0 Å². The van der Waals surface area contributed by atoms with Crippen molar-refractivity contribution in [1.82, 2.24) is 0 Å². The van der Waals surface area contributed by atoms with Crippen LogP contribution in [0.3, 0.4) is 0 Å². The maximum atomic E-state index is 11.4. The number of ether oxygens (including phenoxy) is 1. The van der Waals surface area contributed by atoms with E-state index in [-0.39, 0.29) is 31.6 Å². The van der Waals surface area contributed by atoms with Crippen molar-refractivity contribution in [1.29, 1.82) is 0 Å². The van der Waals surface area contributed by atoms with Crippen molar-refractivity contribution in [3.8, 4) is 0 Å². The zero-order chi connectivity index (χ0) is 15.1. The van der Waals surface area contributed by atoms with Gasteiger partial charge in [-0.15, -0.1) is 0 Å². The molecule has 19 heavy (non-hydrogen) atoms. The second-order valence-electron chi connectivity index (χ2n) is 5.07. The fraction of sp³-hybridized carbons (Fsp3) is 0.727. The van der Waals surface area contributed by atoms with Gasteiger partial charge in [0, 0.05) is 6.42 Å². The van der Waals surface area contributed by atoms with Gasteiger partial charge >= 0.3 is 13.8 Å². The smallest absolute Gasteiger partial charge is 0.461 e. The summed E-state index contributed by atoms with van der Waals surface area (Å²) in [7, 11) is 1.10. The lowest BCUT2D eigenvalue weighted by molar-refractivity contribution is -0.896. The molecule has 2 N–H and O–H groups in total. The fourth-order valence-electron chi connectivity index (χ4n) is 1.39. The first-order valence-corrected chi connectivity index (χ1v) is 7.37.